The molecule has 3 N–H and O–H groups in total. The standard InChI is InChI=1S/C25H22ClFN4O5/c1-2-35-22-13-16(14-28-31-25(34)24(33)30-20-6-4-3-5-19(20)27)7-12-21(22)36-15-23(32)29-18-10-8-17(26)9-11-18/h3-14H,2,15H2,1H3,(H,29,32)(H,30,33)(H,31,34)/b28-14-. The number of rotatable bonds is 9. The summed E-state index contributed by atoms with van der Waals surface area (Å²) >= 11 is 5.83. The minimum atomic E-state index is -1.08. The second kappa shape index (κ2) is 12.9. The normalized spacial score (nSPS) is 10.5. The number of amides is 3. The summed E-state index contributed by atoms with van der Waals surface area (Å²) in [4.78, 5) is 36.0. The molecule has 0 unspecified atom stereocenters. The maximum Gasteiger partial charge on any atom is 0.329 e. The molecule has 3 aromatic carbocycles. The third-order valence-electron chi connectivity index (χ3n) is 4.46. The van der Waals surface area contributed by atoms with E-state index >= 15 is 0 Å². The summed E-state index contributed by atoms with van der Waals surface area (Å²) in [5.74, 6) is -2.52. The number of benzene rings is 3. The lowest BCUT2D eigenvalue weighted by Gasteiger charge is -2.12. The quantitative estimate of drug-likeness (QED) is 0.228. The Morgan fingerprint density at radius 2 is 1.69 bits per heavy atom. The molecule has 0 spiro atoms. The van der Waals surface area contributed by atoms with Crippen LogP contribution in [0.25, 0.3) is 0 Å². The van der Waals surface area contributed by atoms with E-state index in [0.717, 1.165) is 6.07 Å². The molecule has 0 atom stereocenters. The van der Waals surface area contributed by atoms with E-state index in [2.05, 4.69) is 21.2 Å². The number of nitrogens with zero attached hydrogens (tertiary/aromatic N) is 1. The van der Waals surface area contributed by atoms with Crippen molar-refractivity contribution in [2.75, 3.05) is 23.8 Å². The number of carbonyl (C=O) groups excluding carboxylic acids is 3. The average molecular weight is 513 g/mol. The predicted molar refractivity (Wildman–Crippen MR) is 134 cm³/mol. The number of halogens is 2. The molecule has 0 bridgehead atoms. The minimum absolute atomic E-state index is 0.125. The van der Waals surface area contributed by atoms with Crippen molar-refractivity contribution in [2.45, 2.75) is 6.92 Å². The fraction of sp³-hybridized carbons (Fsp3) is 0.120. The molecule has 0 saturated carbocycles. The SMILES string of the molecule is CCOc1cc(/C=N\NC(=O)C(=O)Nc2ccccc2F)ccc1OCC(=O)Nc1ccc(Cl)cc1. The van der Waals surface area contributed by atoms with Crippen molar-refractivity contribution < 1.29 is 28.2 Å². The number of hydrogen-bond donors (Lipinski definition) is 3. The maximum absolute atomic E-state index is 13.6. The highest BCUT2D eigenvalue weighted by Gasteiger charge is 2.15. The van der Waals surface area contributed by atoms with Crippen molar-refractivity contribution in [1.29, 1.82) is 0 Å². The fourth-order valence-electron chi connectivity index (χ4n) is 2.82. The van der Waals surface area contributed by atoms with Gasteiger partial charge in [-0.05, 0) is 67.1 Å². The summed E-state index contributed by atoms with van der Waals surface area (Å²) in [6.07, 6.45) is 1.29. The zero-order valence-corrected chi connectivity index (χ0v) is 19.8. The van der Waals surface area contributed by atoms with E-state index in [1.165, 1.54) is 24.4 Å². The summed E-state index contributed by atoms with van der Waals surface area (Å²) in [5.41, 5.74) is 3.04. The molecule has 0 fully saturated rings. The Labute approximate surface area is 211 Å². The Balaban J connectivity index is 1.56. The summed E-state index contributed by atoms with van der Waals surface area (Å²) < 4.78 is 24.8. The third-order valence-corrected chi connectivity index (χ3v) is 4.71. The topological polar surface area (TPSA) is 118 Å². The fourth-order valence-corrected chi connectivity index (χ4v) is 2.95. The van der Waals surface area contributed by atoms with Crippen LogP contribution in [-0.2, 0) is 14.4 Å². The van der Waals surface area contributed by atoms with Crippen LogP contribution in [0.2, 0.25) is 5.02 Å². The zero-order valence-electron chi connectivity index (χ0n) is 19.1. The molecule has 186 valence electrons. The number of carbonyl (C=O) groups is 3. The Morgan fingerprint density at radius 3 is 2.42 bits per heavy atom. The lowest BCUT2D eigenvalue weighted by molar-refractivity contribution is -0.136. The second-order valence-corrected chi connectivity index (χ2v) is 7.55. The molecular weight excluding hydrogens is 491 g/mol. The van der Waals surface area contributed by atoms with Crippen molar-refractivity contribution in [3.8, 4) is 11.5 Å². The minimum Gasteiger partial charge on any atom is -0.490 e. The molecule has 0 saturated heterocycles. The van der Waals surface area contributed by atoms with Gasteiger partial charge in [0.05, 0.1) is 18.5 Å². The summed E-state index contributed by atoms with van der Waals surface area (Å²) in [7, 11) is 0. The average Bonchev–Trinajstić information content (AvgIpc) is 2.86. The first-order chi connectivity index (χ1) is 17.4. The monoisotopic (exact) mass is 512 g/mol. The molecular formula is C25H22ClFN4O5. The number of ether oxygens (including phenoxy) is 2. The van der Waals surface area contributed by atoms with E-state index in [9.17, 15) is 18.8 Å². The van der Waals surface area contributed by atoms with Crippen LogP contribution in [0.4, 0.5) is 15.8 Å². The van der Waals surface area contributed by atoms with Crippen LogP contribution < -0.4 is 25.5 Å². The molecule has 11 heteroatoms. The smallest absolute Gasteiger partial charge is 0.329 e. The van der Waals surface area contributed by atoms with Crippen molar-refractivity contribution in [3.63, 3.8) is 0 Å². The Kier molecular flexibility index (Phi) is 9.35. The van der Waals surface area contributed by atoms with E-state index in [-0.39, 0.29) is 18.2 Å². The summed E-state index contributed by atoms with van der Waals surface area (Å²) in [6, 6.07) is 16.9. The van der Waals surface area contributed by atoms with Crippen molar-refractivity contribution in [3.05, 3.63) is 83.1 Å². The zero-order chi connectivity index (χ0) is 25.9. The summed E-state index contributed by atoms with van der Waals surface area (Å²) in [5, 5.41) is 9.14. The number of hydrazone groups is 1. The molecule has 36 heavy (non-hydrogen) atoms. The third kappa shape index (κ3) is 7.81. The highest BCUT2D eigenvalue weighted by atomic mass is 35.5. The Morgan fingerprint density at radius 1 is 0.944 bits per heavy atom. The maximum atomic E-state index is 13.6. The van der Waals surface area contributed by atoms with Crippen LogP contribution >= 0.6 is 11.6 Å². The molecule has 0 radical (unpaired) electrons. The van der Waals surface area contributed by atoms with Gasteiger partial charge in [-0.15, -0.1) is 0 Å². The van der Waals surface area contributed by atoms with Gasteiger partial charge in [-0.25, -0.2) is 9.82 Å². The van der Waals surface area contributed by atoms with Crippen LogP contribution in [0.15, 0.2) is 71.8 Å². The summed E-state index contributed by atoms with van der Waals surface area (Å²) in [6.45, 7) is 1.86. The van der Waals surface area contributed by atoms with Gasteiger partial charge in [0.1, 0.15) is 5.82 Å². The first-order valence-electron chi connectivity index (χ1n) is 10.7. The molecule has 0 heterocycles. The van der Waals surface area contributed by atoms with Crippen molar-refractivity contribution in [2.24, 2.45) is 5.10 Å². The van der Waals surface area contributed by atoms with Gasteiger partial charge in [-0.1, -0.05) is 23.7 Å². The molecule has 3 aromatic rings. The van der Waals surface area contributed by atoms with Crippen LogP contribution in [0, 0.1) is 5.82 Å². The predicted octanol–water partition coefficient (Wildman–Crippen LogP) is 3.98. The lowest BCUT2D eigenvalue weighted by Crippen LogP contribution is -2.32. The van der Waals surface area contributed by atoms with E-state index in [1.54, 1.807) is 49.4 Å². The van der Waals surface area contributed by atoms with E-state index in [0.29, 0.717) is 34.4 Å². The van der Waals surface area contributed by atoms with Gasteiger partial charge in [-0.3, -0.25) is 14.4 Å². The van der Waals surface area contributed by atoms with Gasteiger partial charge in [0.25, 0.3) is 5.91 Å². The van der Waals surface area contributed by atoms with E-state index in [4.69, 9.17) is 21.1 Å². The van der Waals surface area contributed by atoms with Crippen LogP contribution in [-0.4, -0.2) is 37.1 Å². The van der Waals surface area contributed by atoms with Gasteiger partial charge in [0, 0.05) is 10.7 Å². The van der Waals surface area contributed by atoms with Gasteiger partial charge < -0.3 is 20.1 Å². The number of para-hydroxylation sites is 1. The van der Waals surface area contributed by atoms with Gasteiger partial charge in [0.15, 0.2) is 18.1 Å². The molecule has 0 aliphatic heterocycles. The van der Waals surface area contributed by atoms with Crippen LogP contribution in [0.5, 0.6) is 11.5 Å². The number of nitrogens with one attached hydrogen (secondary N) is 3. The highest BCUT2D eigenvalue weighted by molar-refractivity contribution is 6.39. The van der Waals surface area contributed by atoms with E-state index in [1.807, 2.05) is 0 Å². The molecule has 3 rings (SSSR count). The van der Waals surface area contributed by atoms with Gasteiger partial charge in [-0.2, -0.15) is 5.10 Å². The molecule has 0 aliphatic carbocycles. The van der Waals surface area contributed by atoms with Crippen LogP contribution in [0.1, 0.15) is 12.5 Å². The Bertz CT molecular complexity index is 1270. The largest absolute Gasteiger partial charge is 0.490 e. The van der Waals surface area contributed by atoms with Gasteiger partial charge in [0.2, 0.25) is 0 Å². The first kappa shape index (κ1) is 26.2. The molecule has 9 nitrogen and oxygen atoms in total. The van der Waals surface area contributed by atoms with Gasteiger partial charge >= 0.3 is 11.8 Å². The van der Waals surface area contributed by atoms with Crippen molar-refractivity contribution >= 4 is 46.9 Å². The van der Waals surface area contributed by atoms with Crippen molar-refractivity contribution in [1.82, 2.24) is 5.43 Å². The first-order valence-corrected chi connectivity index (χ1v) is 11.1. The highest BCUT2D eigenvalue weighted by Crippen LogP contribution is 2.28. The second-order valence-electron chi connectivity index (χ2n) is 7.12. The van der Waals surface area contributed by atoms with Crippen LogP contribution in [0.3, 0.4) is 0 Å². The lowest BCUT2D eigenvalue weighted by atomic mass is 10.2. The number of hydrogen-bond acceptors (Lipinski definition) is 6. The molecule has 3 amide bonds. The molecule has 0 aromatic heterocycles. The Hall–Kier alpha value is -4.44. The molecule has 0 aliphatic rings. The number of anilines is 2. The van der Waals surface area contributed by atoms with E-state index < -0.39 is 17.6 Å².